The summed E-state index contributed by atoms with van der Waals surface area (Å²) in [6.45, 7) is 28.1. The van der Waals surface area contributed by atoms with Gasteiger partial charge in [-0.25, -0.2) is 0 Å². The first-order chi connectivity index (χ1) is 49.0. The fourth-order valence-corrected chi connectivity index (χ4v) is 17.1. The van der Waals surface area contributed by atoms with Gasteiger partial charge in [-0.05, 0) is 119 Å². The molecular weight excluding hydrogens is 1350 g/mol. The maximum atomic E-state index is 13.3. The van der Waals surface area contributed by atoms with E-state index < -0.39 is 217 Å². The van der Waals surface area contributed by atoms with Gasteiger partial charge in [0.2, 0.25) is 0 Å². The number of hydrogen-bond acceptors (Lipinski definition) is 25. The molecule has 0 aromatic rings. The van der Waals surface area contributed by atoms with Crippen molar-refractivity contribution in [2.24, 2.45) is 39.9 Å². The number of carbonyl (C=O) groups excluding carboxylic acids is 5. The summed E-state index contributed by atoms with van der Waals surface area (Å²) in [5.74, 6) is 1.73. The number of hydrogen-bond donors (Lipinski definition) is 3. The molecule has 104 heavy (non-hydrogen) atoms. The predicted octanol–water partition coefficient (Wildman–Crippen LogP) is 7.30. The molecule has 0 saturated carbocycles. The topological polar surface area (TPSA) is 303 Å². The second kappa shape index (κ2) is 31.3. The lowest BCUT2D eigenvalue weighted by atomic mass is 9.75. The van der Waals surface area contributed by atoms with Crippen molar-refractivity contribution in [3.63, 3.8) is 0 Å². The van der Waals surface area contributed by atoms with Crippen LogP contribution >= 0.6 is 0 Å². The minimum absolute atomic E-state index is 0.0145. The van der Waals surface area contributed by atoms with Gasteiger partial charge in [0.25, 0.3) is 0 Å². The lowest BCUT2D eigenvalue weighted by molar-refractivity contribution is -0.340. The van der Waals surface area contributed by atoms with Gasteiger partial charge in [0, 0.05) is 64.2 Å². The number of carbonyl (C=O) groups is 5. The van der Waals surface area contributed by atoms with Crippen LogP contribution in [0.1, 0.15) is 175 Å². The van der Waals surface area contributed by atoms with Crippen molar-refractivity contribution in [3.8, 4) is 11.8 Å². The molecule has 0 bridgehead atoms. The molecule has 9 fully saturated rings. The molecule has 12 aliphatic heterocycles. The second-order valence-corrected chi connectivity index (χ2v) is 34.7. The Labute approximate surface area is 611 Å². The summed E-state index contributed by atoms with van der Waals surface area (Å²) in [7, 11) is 0. The fraction of sp³-hybridized carbons (Fsp3) is 0.810. The van der Waals surface area contributed by atoms with Gasteiger partial charge >= 0.3 is 29.8 Å². The lowest BCUT2D eigenvalue weighted by Gasteiger charge is -2.53. The van der Waals surface area contributed by atoms with Crippen molar-refractivity contribution >= 4 is 29.8 Å². The molecule has 12 aliphatic rings. The maximum Gasteiger partial charge on any atom is 0.311 e. The standard InChI is InChI=1S/C79H114O25/c1-39-30-54-56(33-60-67(99-54)41(3)69(91-44(6)81)71-68(100-60)40(2)42(4)79(104-71)36-45(37-89-79)90-43(5)80)96-58-35-64-78(16,103-59(58)31-39)63(82)34-57-47(97-64)24-21-20-23-46-49(94-57)26-27-51-50(92-46)28-29-52-55(93-51)32-61-70(98-52)66(84)65(83)53(95-61)25-19-17-18-22-48(101-73(86)76(10,11)12)62(102-74(87)77(13,14)15)38-88-72(85)75(7,8)9/h18,20-22,26-29,39-42,45-71,82-84H,23-25,30-38H2,1-16H3/b21-20-,22-18+/t39-,40+,41-,42+,45+,46-,47+,48?,49+,50+,51-,52-,53+,54+,55+,56-,57-,58+,59-,60+,61-,62-,63-,64-,65+,66-,67-,68-,69+,70-,71-,78+,79-/m1/s1. The number of allylic oxidation sites excluding steroid dienone is 1. The summed E-state index contributed by atoms with van der Waals surface area (Å²) < 4.78 is 113. The molecule has 0 amide bonds. The fourth-order valence-electron chi connectivity index (χ4n) is 17.1. The largest absolute Gasteiger partial charge is 0.461 e. The zero-order valence-corrected chi connectivity index (χ0v) is 63.3. The molecule has 0 aliphatic carbocycles. The number of ether oxygens (including phenoxy) is 17. The van der Waals surface area contributed by atoms with E-state index in [0.29, 0.717) is 51.4 Å². The highest BCUT2D eigenvalue weighted by Gasteiger charge is 2.64. The monoisotopic (exact) mass is 1460 g/mol. The Kier molecular flexibility index (Phi) is 23.8. The van der Waals surface area contributed by atoms with Crippen LogP contribution in [-0.2, 0) is 104 Å². The third kappa shape index (κ3) is 17.0. The van der Waals surface area contributed by atoms with Crippen molar-refractivity contribution in [3.05, 3.63) is 48.6 Å². The Hall–Kier alpha value is -4.73. The predicted molar refractivity (Wildman–Crippen MR) is 370 cm³/mol. The molecule has 1 unspecified atom stereocenters. The van der Waals surface area contributed by atoms with Gasteiger partial charge < -0.3 is 95.8 Å². The molecule has 580 valence electrons. The van der Waals surface area contributed by atoms with Crippen molar-refractivity contribution in [2.75, 3.05) is 13.2 Å². The van der Waals surface area contributed by atoms with Crippen molar-refractivity contribution in [2.45, 2.75) is 351 Å². The van der Waals surface area contributed by atoms with Crippen LogP contribution in [0.4, 0.5) is 0 Å². The molecule has 3 N–H and O–H groups in total. The maximum absolute atomic E-state index is 13.3. The van der Waals surface area contributed by atoms with E-state index in [0.717, 1.165) is 0 Å². The summed E-state index contributed by atoms with van der Waals surface area (Å²) in [6.07, 6.45) is 0.502. The van der Waals surface area contributed by atoms with Gasteiger partial charge in [-0.15, -0.1) is 0 Å². The van der Waals surface area contributed by atoms with E-state index in [2.05, 4.69) is 44.8 Å². The first-order valence-electron chi connectivity index (χ1n) is 38.0. The Morgan fingerprint density at radius 3 is 1.82 bits per heavy atom. The molecule has 25 heteroatoms. The highest BCUT2D eigenvalue weighted by atomic mass is 16.7. The molecule has 12 rings (SSSR count). The van der Waals surface area contributed by atoms with Gasteiger partial charge in [-0.2, -0.15) is 0 Å². The number of aliphatic hydroxyl groups excluding tert-OH is 3. The van der Waals surface area contributed by atoms with E-state index in [1.807, 2.05) is 38.2 Å². The minimum atomic E-state index is -1.36. The minimum Gasteiger partial charge on any atom is -0.461 e. The van der Waals surface area contributed by atoms with Gasteiger partial charge in [-0.3, -0.25) is 24.0 Å². The SMILES string of the molecule is CC(=O)O[C@@H]1CO[C@]2(C1)O[C@@H]1[C@H](O[C@H]3C[C@H]4O[C@H]5C[C@H]6O[C@H]7C/C=C\C[C@H]8O[C@H]9C=C[C@H]%10O[C@H]%11[C@H](O)[C@@H](O)[C@H](CC#C/C=C/C(OC(=O)C(C)(C)C)[C@@H](COC(=O)C(C)(C)C)OC(=O)C(C)(C)C)O[C@@H]%11C[C@@H]%10O[C@@H]9C=C[C@@H]8O[C@@H]7C[C@@H](O)[C@]6(C)O[C@@H]5C[C@H](C)C[C@@H]4O[C@@H]3[C@@H](C)[C@@H]1OC(C)=O)[C@@H](C)[C@@H]2C. The molecule has 0 radical (unpaired) electrons. The van der Waals surface area contributed by atoms with Crippen LogP contribution in [0.2, 0.25) is 0 Å². The average molecular weight is 1460 g/mol. The summed E-state index contributed by atoms with van der Waals surface area (Å²) >= 11 is 0. The summed E-state index contributed by atoms with van der Waals surface area (Å²) in [4.78, 5) is 64.5. The van der Waals surface area contributed by atoms with Crippen LogP contribution in [0.3, 0.4) is 0 Å². The number of esters is 5. The third-order valence-corrected chi connectivity index (χ3v) is 23.3. The van der Waals surface area contributed by atoms with E-state index in [1.165, 1.54) is 26.0 Å². The van der Waals surface area contributed by atoms with Crippen LogP contribution in [0.5, 0.6) is 0 Å². The summed E-state index contributed by atoms with van der Waals surface area (Å²) in [5.41, 5.74) is -3.86. The van der Waals surface area contributed by atoms with E-state index in [-0.39, 0.29) is 55.3 Å². The van der Waals surface area contributed by atoms with Gasteiger partial charge in [0.1, 0.15) is 73.2 Å². The van der Waals surface area contributed by atoms with Crippen LogP contribution in [0.25, 0.3) is 0 Å². The molecule has 1 spiro atoms. The number of fused-ring (bicyclic) bond motifs is 10. The van der Waals surface area contributed by atoms with E-state index in [1.54, 1.807) is 62.3 Å². The molecular formula is C79H114O25. The zero-order chi connectivity index (χ0) is 74.9. The number of rotatable bonds is 9. The van der Waals surface area contributed by atoms with Crippen LogP contribution in [0, 0.1) is 51.8 Å². The van der Waals surface area contributed by atoms with E-state index >= 15 is 0 Å². The molecule has 0 aromatic heterocycles. The summed E-state index contributed by atoms with van der Waals surface area (Å²) in [6, 6.07) is 0. The molecule has 0 aromatic carbocycles. The Bertz CT molecular complexity index is 3260. The van der Waals surface area contributed by atoms with Crippen LogP contribution in [0.15, 0.2) is 48.6 Å². The third-order valence-electron chi connectivity index (χ3n) is 23.3. The van der Waals surface area contributed by atoms with Crippen molar-refractivity contribution in [1.82, 2.24) is 0 Å². The van der Waals surface area contributed by atoms with Gasteiger partial charge in [-0.1, -0.05) is 76.0 Å². The first-order valence-corrected chi connectivity index (χ1v) is 38.0. The van der Waals surface area contributed by atoms with Crippen LogP contribution in [-0.4, -0.2) is 235 Å². The van der Waals surface area contributed by atoms with Crippen LogP contribution < -0.4 is 0 Å². The average Bonchev–Trinajstić information content (AvgIpc) is 1.54. The molecule has 25 nitrogen and oxygen atoms in total. The first kappa shape index (κ1) is 78.8. The normalized spacial score (nSPS) is 45.0. The zero-order valence-electron chi connectivity index (χ0n) is 63.3. The highest BCUT2D eigenvalue weighted by molar-refractivity contribution is 5.77. The van der Waals surface area contributed by atoms with E-state index in [9.17, 15) is 39.3 Å². The molecule has 12 heterocycles. The van der Waals surface area contributed by atoms with Crippen molar-refractivity contribution < 1.29 is 120 Å². The highest BCUT2D eigenvalue weighted by Crippen LogP contribution is 2.53. The Morgan fingerprint density at radius 2 is 1.13 bits per heavy atom. The van der Waals surface area contributed by atoms with E-state index in [4.69, 9.17) is 80.5 Å². The second-order valence-electron chi connectivity index (χ2n) is 34.7. The quantitative estimate of drug-likeness (QED) is 0.0882. The Balaban J connectivity index is 0.694. The molecule has 9 saturated heterocycles. The van der Waals surface area contributed by atoms with Gasteiger partial charge in [0.15, 0.2) is 18.0 Å². The summed E-state index contributed by atoms with van der Waals surface area (Å²) in [5, 5.41) is 35.7. The molecule has 33 atom stereocenters. The lowest BCUT2D eigenvalue weighted by Crippen LogP contribution is -2.63. The van der Waals surface area contributed by atoms with Gasteiger partial charge in [0.05, 0.1) is 114 Å². The van der Waals surface area contributed by atoms with Crippen molar-refractivity contribution in [1.29, 1.82) is 0 Å². The Morgan fingerprint density at radius 1 is 0.558 bits per heavy atom. The number of aliphatic hydroxyl groups is 3. The smallest absolute Gasteiger partial charge is 0.311 e.